The summed E-state index contributed by atoms with van der Waals surface area (Å²) >= 11 is 1.18. The van der Waals surface area contributed by atoms with Crippen LogP contribution in [0.4, 0.5) is 0 Å². The highest BCUT2D eigenvalue weighted by Crippen LogP contribution is 2.23. The van der Waals surface area contributed by atoms with Crippen molar-refractivity contribution in [3.63, 3.8) is 0 Å². The van der Waals surface area contributed by atoms with Crippen molar-refractivity contribution in [2.45, 2.75) is 12.5 Å². The monoisotopic (exact) mass is 183 g/mol. The van der Waals surface area contributed by atoms with E-state index in [2.05, 4.69) is 8.75 Å². The Kier molecular flexibility index (Phi) is 2.05. The predicted molar refractivity (Wildman–Crippen MR) is 45.5 cm³/mol. The first-order valence-corrected chi connectivity index (χ1v) is 4.44. The van der Waals surface area contributed by atoms with Gasteiger partial charge in [0.15, 0.2) is 0 Å². The predicted octanol–water partition coefficient (Wildman–Crippen LogP) is 0.842. The van der Waals surface area contributed by atoms with Crippen molar-refractivity contribution in [3.8, 4) is 0 Å². The average Bonchev–Trinajstić information content (AvgIpc) is 2.77. The van der Waals surface area contributed by atoms with Crippen LogP contribution in [0, 0.1) is 0 Å². The topological polar surface area (TPSA) is 61.0 Å². The van der Waals surface area contributed by atoms with E-state index in [4.69, 9.17) is 10.5 Å². The van der Waals surface area contributed by atoms with Gasteiger partial charge in [-0.1, -0.05) is 0 Å². The lowest BCUT2D eigenvalue weighted by atomic mass is 10.1. The van der Waals surface area contributed by atoms with Crippen LogP contribution in [0.3, 0.4) is 0 Å². The normalized spacial score (nSPS) is 18.6. The average molecular weight is 183 g/mol. The molecule has 0 radical (unpaired) electrons. The highest BCUT2D eigenvalue weighted by atomic mass is 32.1. The smallest absolute Gasteiger partial charge is 0.0953 e. The van der Waals surface area contributed by atoms with E-state index in [1.54, 1.807) is 12.5 Å². The Labute approximate surface area is 74.4 Å². The Balaban J connectivity index is 2.14. The van der Waals surface area contributed by atoms with E-state index in [1.807, 2.05) is 0 Å². The van der Waals surface area contributed by atoms with E-state index >= 15 is 0 Å². The van der Waals surface area contributed by atoms with Crippen molar-refractivity contribution >= 4 is 11.7 Å². The summed E-state index contributed by atoms with van der Waals surface area (Å²) in [4.78, 5) is 0. The van der Waals surface area contributed by atoms with Gasteiger partial charge in [-0.25, -0.2) is 0 Å². The third-order valence-corrected chi connectivity index (χ3v) is 2.33. The molecule has 0 saturated heterocycles. The van der Waals surface area contributed by atoms with Gasteiger partial charge in [-0.2, -0.15) is 8.75 Å². The first kappa shape index (κ1) is 7.70. The molecular weight excluding hydrogens is 174 g/mol. The Hall–Kier alpha value is -0.940. The van der Waals surface area contributed by atoms with E-state index < -0.39 is 0 Å². The molecule has 0 spiro atoms. The molecule has 1 aliphatic rings. The van der Waals surface area contributed by atoms with E-state index in [0.29, 0.717) is 0 Å². The molecule has 0 bridgehead atoms. The zero-order chi connectivity index (χ0) is 8.39. The Bertz CT molecular complexity index is 283. The number of hydrogen-bond donors (Lipinski definition) is 1. The summed E-state index contributed by atoms with van der Waals surface area (Å²) in [5.74, 6) is 0. The second-order valence-electron chi connectivity index (χ2n) is 2.62. The molecule has 12 heavy (non-hydrogen) atoms. The minimum Gasteiger partial charge on any atom is -0.501 e. The molecule has 2 N–H and O–H groups in total. The minimum absolute atomic E-state index is 0.133. The maximum atomic E-state index is 5.90. The molecule has 5 heteroatoms. The Morgan fingerprint density at radius 1 is 1.67 bits per heavy atom. The van der Waals surface area contributed by atoms with Crippen LogP contribution in [0.2, 0.25) is 0 Å². The number of nitrogens with zero attached hydrogens (tertiary/aromatic N) is 2. The number of ether oxygens (including phenoxy) is 1. The highest BCUT2D eigenvalue weighted by molar-refractivity contribution is 6.99. The molecule has 64 valence electrons. The van der Waals surface area contributed by atoms with Crippen LogP contribution >= 0.6 is 11.7 Å². The van der Waals surface area contributed by atoms with Crippen LogP contribution < -0.4 is 5.73 Å². The number of hydrogen-bond acceptors (Lipinski definition) is 5. The zero-order valence-electron chi connectivity index (χ0n) is 6.43. The molecule has 0 aromatic carbocycles. The van der Waals surface area contributed by atoms with Crippen molar-refractivity contribution in [1.29, 1.82) is 0 Å². The molecule has 0 aliphatic carbocycles. The minimum atomic E-state index is -0.133. The molecule has 0 fully saturated rings. The van der Waals surface area contributed by atoms with Crippen LogP contribution in [-0.4, -0.2) is 15.4 Å². The van der Waals surface area contributed by atoms with Gasteiger partial charge >= 0.3 is 0 Å². The molecule has 0 saturated carbocycles. The third kappa shape index (κ3) is 1.33. The molecule has 1 unspecified atom stereocenters. The van der Waals surface area contributed by atoms with Gasteiger partial charge in [0.05, 0.1) is 42.5 Å². The second-order valence-corrected chi connectivity index (χ2v) is 3.18. The molecule has 1 aromatic rings. The Morgan fingerprint density at radius 3 is 3.17 bits per heavy atom. The molecule has 0 amide bonds. The number of rotatable bonds is 2. The van der Waals surface area contributed by atoms with Crippen molar-refractivity contribution in [1.82, 2.24) is 8.75 Å². The molecule has 1 atom stereocenters. The van der Waals surface area contributed by atoms with Crippen molar-refractivity contribution in [2.75, 3.05) is 6.61 Å². The fourth-order valence-electron chi connectivity index (χ4n) is 1.13. The van der Waals surface area contributed by atoms with Gasteiger partial charge in [-0.15, -0.1) is 0 Å². The van der Waals surface area contributed by atoms with Gasteiger partial charge < -0.3 is 10.5 Å². The van der Waals surface area contributed by atoms with Gasteiger partial charge in [-0.3, -0.25) is 0 Å². The summed E-state index contributed by atoms with van der Waals surface area (Å²) in [6.07, 6.45) is 4.33. The zero-order valence-corrected chi connectivity index (χ0v) is 7.25. The summed E-state index contributed by atoms with van der Waals surface area (Å²) in [6, 6.07) is -0.133. The van der Waals surface area contributed by atoms with Crippen LogP contribution in [0.15, 0.2) is 18.0 Å². The Morgan fingerprint density at radius 2 is 2.58 bits per heavy atom. The third-order valence-electron chi connectivity index (χ3n) is 1.84. The summed E-state index contributed by atoms with van der Waals surface area (Å²) in [5.41, 5.74) is 7.83. The van der Waals surface area contributed by atoms with Crippen LogP contribution in [0.1, 0.15) is 18.2 Å². The lowest BCUT2D eigenvalue weighted by Crippen LogP contribution is -2.12. The summed E-state index contributed by atoms with van der Waals surface area (Å²) in [5, 5.41) is 0. The SMILES string of the molecule is NC(C1=COCC1)c1cnsn1. The van der Waals surface area contributed by atoms with Crippen LogP contribution in [0.5, 0.6) is 0 Å². The number of nitrogens with two attached hydrogens (primary N) is 1. The maximum absolute atomic E-state index is 5.90. The van der Waals surface area contributed by atoms with Gasteiger partial charge in [0.2, 0.25) is 0 Å². The van der Waals surface area contributed by atoms with Crippen molar-refractivity contribution in [3.05, 3.63) is 23.7 Å². The van der Waals surface area contributed by atoms with Crippen molar-refractivity contribution in [2.24, 2.45) is 5.73 Å². The fraction of sp³-hybridized carbons (Fsp3) is 0.429. The van der Waals surface area contributed by atoms with Crippen LogP contribution in [0.25, 0.3) is 0 Å². The second kappa shape index (κ2) is 3.20. The first-order valence-electron chi connectivity index (χ1n) is 3.71. The van der Waals surface area contributed by atoms with Gasteiger partial charge in [0.25, 0.3) is 0 Å². The molecule has 1 aliphatic heterocycles. The summed E-state index contributed by atoms with van der Waals surface area (Å²) < 4.78 is 13.1. The van der Waals surface area contributed by atoms with E-state index in [0.717, 1.165) is 24.3 Å². The molecular formula is C7H9N3OS. The van der Waals surface area contributed by atoms with Gasteiger partial charge in [0, 0.05) is 6.42 Å². The first-order chi connectivity index (χ1) is 5.88. The van der Waals surface area contributed by atoms with E-state index in [9.17, 15) is 0 Å². The van der Waals surface area contributed by atoms with E-state index in [1.165, 1.54) is 11.7 Å². The maximum Gasteiger partial charge on any atom is 0.0953 e. The number of aromatic nitrogens is 2. The van der Waals surface area contributed by atoms with Gasteiger partial charge in [-0.05, 0) is 5.57 Å². The summed E-state index contributed by atoms with van der Waals surface area (Å²) in [6.45, 7) is 0.737. The standard InChI is InChI=1S/C7H9N3OS/c8-7(5-1-2-11-4-5)6-3-9-12-10-6/h3-4,7H,1-2,8H2. The summed E-state index contributed by atoms with van der Waals surface area (Å²) in [7, 11) is 0. The molecule has 1 aromatic heterocycles. The quantitative estimate of drug-likeness (QED) is 0.738. The van der Waals surface area contributed by atoms with Crippen LogP contribution in [-0.2, 0) is 4.74 Å². The fourth-order valence-corrected chi connectivity index (χ4v) is 1.59. The molecule has 2 rings (SSSR count). The van der Waals surface area contributed by atoms with Crippen molar-refractivity contribution < 1.29 is 4.74 Å². The van der Waals surface area contributed by atoms with Gasteiger partial charge in [0.1, 0.15) is 0 Å². The lowest BCUT2D eigenvalue weighted by Gasteiger charge is -2.06. The molecule has 4 nitrogen and oxygen atoms in total. The highest BCUT2D eigenvalue weighted by Gasteiger charge is 2.17. The largest absolute Gasteiger partial charge is 0.501 e. The molecule has 2 heterocycles. The van der Waals surface area contributed by atoms with E-state index in [-0.39, 0.29) is 6.04 Å². The lowest BCUT2D eigenvalue weighted by molar-refractivity contribution is 0.281.